The van der Waals surface area contributed by atoms with Crippen LogP contribution in [0.15, 0.2) is 0 Å². The SMILES string of the molecule is CC(C)(C)C12CCNC1CCOC2. The summed E-state index contributed by atoms with van der Waals surface area (Å²) in [7, 11) is 0. The van der Waals surface area contributed by atoms with Gasteiger partial charge in [-0.25, -0.2) is 0 Å². The zero-order chi connectivity index (χ0) is 9.53. The van der Waals surface area contributed by atoms with Crippen molar-refractivity contribution in [3.63, 3.8) is 0 Å². The lowest BCUT2D eigenvalue weighted by molar-refractivity contribution is -0.0747. The number of ether oxygens (including phenoxy) is 1. The molecule has 0 saturated carbocycles. The summed E-state index contributed by atoms with van der Waals surface area (Å²) in [5.41, 5.74) is 0.757. The fraction of sp³-hybridized carbons (Fsp3) is 1.00. The fourth-order valence-corrected chi connectivity index (χ4v) is 2.96. The van der Waals surface area contributed by atoms with Crippen LogP contribution < -0.4 is 5.32 Å². The van der Waals surface area contributed by atoms with Gasteiger partial charge in [0.15, 0.2) is 0 Å². The highest BCUT2D eigenvalue weighted by atomic mass is 16.5. The topological polar surface area (TPSA) is 21.3 Å². The van der Waals surface area contributed by atoms with Crippen LogP contribution in [0.3, 0.4) is 0 Å². The Balaban J connectivity index is 2.26. The molecule has 1 N–H and O–H groups in total. The van der Waals surface area contributed by atoms with Gasteiger partial charge in [0.05, 0.1) is 6.61 Å². The largest absolute Gasteiger partial charge is 0.381 e. The van der Waals surface area contributed by atoms with Gasteiger partial charge in [0.25, 0.3) is 0 Å². The van der Waals surface area contributed by atoms with Crippen LogP contribution in [0.4, 0.5) is 0 Å². The van der Waals surface area contributed by atoms with Crippen molar-refractivity contribution in [3.8, 4) is 0 Å². The molecule has 2 nitrogen and oxygen atoms in total. The summed E-state index contributed by atoms with van der Waals surface area (Å²) in [6.45, 7) is 10.1. The van der Waals surface area contributed by atoms with E-state index in [4.69, 9.17) is 4.74 Å². The highest BCUT2D eigenvalue weighted by Gasteiger charge is 2.52. The summed E-state index contributed by atoms with van der Waals surface area (Å²) in [5.74, 6) is 0. The van der Waals surface area contributed by atoms with E-state index in [2.05, 4.69) is 26.1 Å². The van der Waals surface area contributed by atoms with E-state index < -0.39 is 0 Å². The van der Waals surface area contributed by atoms with Gasteiger partial charge in [0.1, 0.15) is 0 Å². The van der Waals surface area contributed by atoms with E-state index >= 15 is 0 Å². The fourth-order valence-electron chi connectivity index (χ4n) is 2.96. The maximum Gasteiger partial charge on any atom is 0.0542 e. The van der Waals surface area contributed by atoms with E-state index in [1.165, 1.54) is 19.4 Å². The van der Waals surface area contributed by atoms with Crippen molar-refractivity contribution in [2.75, 3.05) is 19.8 Å². The van der Waals surface area contributed by atoms with Crippen LogP contribution in [-0.2, 0) is 4.74 Å². The van der Waals surface area contributed by atoms with E-state index in [0.29, 0.717) is 16.9 Å². The van der Waals surface area contributed by atoms with Gasteiger partial charge < -0.3 is 10.1 Å². The summed E-state index contributed by atoms with van der Waals surface area (Å²) in [4.78, 5) is 0. The standard InChI is InChI=1S/C11H21NO/c1-10(2,3)11-5-6-12-9(11)4-7-13-8-11/h9,12H,4-8H2,1-3H3. The van der Waals surface area contributed by atoms with Gasteiger partial charge in [-0.1, -0.05) is 20.8 Å². The zero-order valence-corrected chi connectivity index (χ0v) is 9.02. The molecule has 0 aliphatic carbocycles. The van der Waals surface area contributed by atoms with Crippen LogP contribution in [0.2, 0.25) is 0 Å². The van der Waals surface area contributed by atoms with E-state index in [1.807, 2.05) is 0 Å². The monoisotopic (exact) mass is 183 g/mol. The molecule has 0 radical (unpaired) electrons. The van der Waals surface area contributed by atoms with Crippen LogP contribution in [0.5, 0.6) is 0 Å². The molecule has 0 spiro atoms. The molecular weight excluding hydrogens is 162 g/mol. The molecule has 2 aliphatic rings. The Bertz CT molecular complexity index is 197. The molecule has 0 bridgehead atoms. The third-order valence-electron chi connectivity index (χ3n) is 4.03. The number of fused-ring (bicyclic) bond motifs is 1. The summed E-state index contributed by atoms with van der Waals surface area (Å²) in [6.07, 6.45) is 2.47. The minimum Gasteiger partial charge on any atom is -0.381 e. The van der Waals surface area contributed by atoms with Crippen LogP contribution in [0.25, 0.3) is 0 Å². The Morgan fingerprint density at radius 2 is 2.15 bits per heavy atom. The van der Waals surface area contributed by atoms with Gasteiger partial charge in [0.2, 0.25) is 0 Å². The first-order chi connectivity index (χ1) is 6.06. The summed E-state index contributed by atoms with van der Waals surface area (Å²) < 4.78 is 5.67. The van der Waals surface area contributed by atoms with Crippen LogP contribution >= 0.6 is 0 Å². The summed E-state index contributed by atoms with van der Waals surface area (Å²) >= 11 is 0. The minimum absolute atomic E-state index is 0.363. The molecule has 2 heterocycles. The first-order valence-corrected chi connectivity index (χ1v) is 5.37. The van der Waals surface area contributed by atoms with Crippen LogP contribution in [-0.4, -0.2) is 25.8 Å². The maximum absolute atomic E-state index is 5.67. The van der Waals surface area contributed by atoms with Gasteiger partial charge in [-0.15, -0.1) is 0 Å². The number of hydrogen-bond acceptors (Lipinski definition) is 2. The molecule has 2 heteroatoms. The first kappa shape index (κ1) is 9.47. The van der Waals surface area contributed by atoms with Gasteiger partial charge in [-0.3, -0.25) is 0 Å². The van der Waals surface area contributed by atoms with Gasteiger partial charge in [-0.2, -0.15) is 0 Å². The third kappa shape index (κ3) is 1.31. The lowest BCUT2D eigenvalue weighted by atomic mass is 9.61. The second-order valence-corrected chi connectivity index (χ2v) is 5.50. The van der Waals surface area contributed by atoms with Crippen molar-refractivity contribution in [1.29, 1.82) is 0 Å². The first-order valence-electron chi connectivity index (χ1n) is 5.37. The van der Waals surface area contributed by atoms with E-state index in [-0.39, 0.29) is 0 Å². The van der Waals surface area contributed by atoms with E-state index in [9.17, 15) is 0 Å². The Kier molecular flexibility index (Phi) is 2.16. The zero-order valence-electron chi connectivity index (χ0n) is 9.02. The Morgan fingerprint density at radius 1 is 1.38 bits per heavy atom. The second-order valence-electron chi connectivity index (χ2n) is 5.50. The van der Waals surface area contributed by atoms with Crippen molar-refractivity contribution >= 4 is 0 Å². The lowest BCUT2D eigenvalue weighted by Gasteiger charge is -2.48. The molecule has 13 heavy (non-hydrogen) atoms. The molecule has 2 fully saturated rings. The molecule has 76 valence electrons. The van der Waals surface area contributed by atoms with Crippen molar-refractivity contribution in [2.45, 2.75) is 39.7 Å². The lowest BCUT2D eigenvalue weighted by Crippen LogP contribution is -2.52. The predicted octanol–water partition coefficient (Wildman–Crippen LogP) is 1.80. The van der Waals surface area contributed by atoms with Crippen molar-refractivity contribution in [2.24, 2.45) is 10.8 Å². The molecule has 2 rings (SSSR count). The van der Waals surface area contributed by atoms with E-state index in [0.717, 1.165) is 13.2 Å². The quantitative estimate of drug-likeness (QED) is 0.618. The maximum atomic E-state index is 5.67. The molecular formula is C11H21NO. The van der Waals surface area contributed by atoms with Gasteiger partial charge >= 0.3 is 0 Å². The van der Waals surface area contributed by atoms with Crippen molar-refractivity contribution in [1.82, 2.24) is 5.32 Å². The Morgan fingerprint density at radius 3 is 2.77 bits per heavy atom. The van der Waals surface area contributed by atoms with Crippen molar-refractivity contribution in [3.05, 3.63) is 0 Å². The summed E-state index contributed by atoms with van der Waals surface area (Å²) in [6, 6.07) is 0.696. The molecule has 2 unspecified atom stereocenters. The van der Waals surface area contributed by atoms with E-state index in [1.54, 1.807) is 0 Å². The molecule has 0 aromatic heterocycles. The molecule has 0 aromatic rings. The molecule has 0 aromatic carbocycles. The molecule has 0 amide bonds. The predicted molar refractivity (Wildman–Crippen MR) is 53.7 cm³/mol. The van der Waals surface area contributed by atoms with Crippen molar-refractivity contribution < 1.29 is 4.74 Å². The molecule has 2 saturated heterocycles. The van der Waals surface area contributed by atoms with Crippen LogP contribution in [0, 0.1) is 10.8 Å². The average molecular weight is 183 g/mol. The second kappa shape index (κ2) is 2.96. The highest BCUT2D eigenvalue weighted by Crippen LogP contribution is 2.49. The molecule has 2 atom stereocenters. The summed E-state index contributed by atoms with van der Waals surface area (Å²) in [5, 5.41) is 3.63. The number of nitrogens with one attached hydrogen (secondary N) is 1. The Hall–Kier alpha value is -0.0800. The Labute approximate surface area is 81.0 Å². The normalized spacial score (nSPS) is 40.4. The third-order valence-corrected chi connectivity index (χ3v) is 4.03. The number of hydrogen-bond donors (Lipinski definition) is 1. The average Bonchev–Trinajstić information content (AvgIpc) is 2.46. The smallest absolute Gasteiger partial charge is 0.0542 e. The molecule has 2 aliphatic heterocycles. The van der Waals surface area contributed by atoms with Gasteiger partial charge in [-0.05, 0) is 24.8 Å². The number of rotatable bonds is 0. The minimum atomic E-state index is 0.363. The van der Waals surface area contributed by atoms with Gasteiger partial charge in [0, 0.05) is 18.1 Å². The highest BCUT2D eigenvalue weighted by molar-refractivity contribution is 5.04. The van der Waals surface area contributed by atoms with Crippen LogP contribution in [0.1, 0.15) is 33.6 Å².